The number of carbonyl (C=O) groups is 3. The smallest absolute Gasteiger partial charge is 0.259 e. The van der Waals surface area contributed by atoms with E-state index in [1.165, 1.54) is 0 Å². The fourth-order valence-electron chi connectivity index (χ4n) is 4.76. The van der Waals surface area contributed by atoms with Gasteiger partial charge in [-0.2, -0.15) is 0 Å². The summed E-state index contributed by atoms with van der Waals surface area (Å²) in [5, 5.41) is 4.85. The van der Waals surface area contributed by atoms with E-state index < -0.39 is 6.04 Å². The molecule has 1 atom stereocenters. The maximum atomic E-state index is 13.7. The zero-order valence-corrected chi connectivity index (χ0v) is 20.5. The van der Waals surface area contributed by atoms with Crippen molar-refractivity contribution < 1.29 is 14.4 Å². The first-order valence-corrected chi connectivity index (χ1v) is 12.5. The van der Waals surface area contributed by atoms with Crippen LogP contribution in [0.5, 0.6) is 0 Å². The van der Waals surface area contributed by atoms with Gasteiger partial charge in [0.2, 0.25) is 11.8 Å². The first-order chi connectivity index (χ1) is 17.0. The highest BCUT2D eigenvalue weighted by Crippen LogP contribution is 2.37. The van der Waals surface area contributed by atoms with Gasteiger partial charge in [-0.25, -0.2) is 0 Å². The Bertz CT molecular complexity index is 1200. The molecule has 0 saturated heterocycles. The highest BCUT2D eigenvalue weighted by Gasteiger charge is 2.34. The number of rotatable bonds is 11. The number of carbonyl (C=O) groups excluding carboxylic acids is 3. The van der Waals surface area contributed by atoms with Crippen LogP contribution in [0.4, 0.5) is 5.69 Å². The van der Waals surface area contributed by atoms with Crippen molar-refractivity contribution in [3.8, 4) is 0 Å². The maximum Gasteiger partial charge on any atom is 0.259 e. The zero-order chi connectivity index (χ0) is 24.8. The van der Waals surface area contributed by atoms with Crippen molar-refractivity contribution in [1.29, 1.82) is 0 Å². The van der Waals surface area contributed by atoms with Crippen molar-refractivity contribution in [1.82, 2.24) is 10.2 Å². The van der Waals surface area contributed by atoms with Crippen LogP contribution in [0.1, 0.15) is 49.0 Å². The third-order valence-corrected chi connectivity index (χ3v) is 6.64. The summed E-state index contributed by atoms with van der Waals surface area (Å²) in [6.07, 6.45) is 3.01. The molecule has 3 aromatic rings. The van der Waals surface area contributed by atoms with E-state index in [9.17, 15) is 14.4 Å². The molecular weight excluding hydrogens is 438 g/mol. The van der Waals surface area contributed by atoms with E-state index in [1.54, 1.807) is 9.80 Å². The van der Waals surface area contributed by atoms with Crippen LogP contribution in [0, 0.1) is 0 Å². The van der Waals surface area contributed by atoms with Gasteiger partial charge in [-0.15, -0.1) is 0 Å². The molecule has 0 spiro atoms. The van der Waals surface area contributed by atoms with Gasteiger partial charge in [0, 0.05) is 24.0 Å². The quantitative estimate of drug-likeness (QED) is 0.417. The van der Waals surface area contributed by atoms with Crippen molar-refractivity contribution in [2.45, 2.75) is 45.6 Å². The molecule has 0 aliphatic carbocycles. The van der Waals surface area contributed by atoms with Crippen LogP contribution in [0.2, 0.25) is 0 Å². The second kappa shape index (κ2) is 11.2. The SMILES string of the molecule is CCCCNC(=O)[C@H](CC)N(CCc1ccccc1)C(=O)CN1C(=O)c2cccc3cccc1c23. The van der Waals surface area contributed by atoms with Crippen molar-refractivity contribution in [3.63, 3.8) is 0 Å². The number of amides is 3. The van der Waals surface area contributed by atoms with Crippen LogP contribution in [0.25, 0.3) is 10.8 Å². The third kappa shape index (κ3) is 5.21. The predicted octanol–water partition coefficient (Wildman–Crippen LogP) is 4.57. The molecule has 3 aromatic carbocycles. The minimum Gasteiger partial charge on any atom is -0.354 e. The molecule has 182 valence electrons. The zero-order valence-electron chi connectivity index (χ0n) is 20.5. The van der Waals surface area contributed by atoms with Crippen molar-refractivity contribution in [2.24, 2.45) is 0 Å². The minimum atomic E-state index is -0.584. The minimum absolute atomic E-state index is 0.0971. The van der Waals surface area contributed by atoms with Gasteiger partial charge in [0.1, 0.15) is 12.6 Å². The standard InChI is InChI=1S/C29H33N3O3/c1-3-5-18-30-28(34)24(4-2)31(19-17-21-11-7-6-8-12-21)26(33)20-32-25-16-10-14-22-13-9-15-23(27(22)25)29(32)35/h6-16,24H,3-5,17-20H2,1-2H3,(H,30,34)/t24-/m0/s1. The van der Waals surface area contributed by atoms with Gasteiger partial charge in [0.25, 0.3) is 5.91 Å². The topological polar surface area (TPSA) is 69.7 Å². The summed E-state index contributed by atoms with van der Waals surface area (Å²) in [4.78, 5) is 43.2. The Morgan fingerprint density at radius 2 is 1.71 bits per heavy atom. The molecule has 35 heavy (non-hydrogen) atoms. The molecule has 0 fully saturated rings. The second-order valence-corrected chi connectivity index (χ2v) is 8.96. The van der Waals surface area contributed by atoms with Crippen LogP contribution < -0.4 is 10.2 Å². The molecule has 1 heterocycles. The Kier molecular flexibility index (Phi) is 7.80. The lowest BCUT2D eigenvalue weighted by atomic mass is 10.1. The van der Waals surface area contributed by atoms with Gasteiger partial charge in [-0.1, -0.05) is 74.9 Å². The number of nitrogens with one attached hydrogen (secondary N) is 1. The van der Waals surface area contributed by atoms with E-state index in [4.69, 9.17) is 0 Å². The van der Waals surface area contributed by atoms with Gasteiger partial charge >= 0.3 is 0 Å². The number of benzene rings is 3. The van der Waals surface area contributed by atoms with E-state index in [0.717, 1.165) is 34.9 Å². The lowest BCUT2D eigenvalue weighted by Crippen LogP contribution is -2.53. The van der Waals surface area contributed by atoms with Crippen molar-refractivity contribution in [3.05, 3.63) is 77.9 Å². The van der Waals surface area contributed by atoms with Crippen LogP contribution in [-0.2, 0) is 16.0 Å². The fraction of sp³-hybridized carbons (Fsp3) is 0.345. The molecule has 0 aromatic heterocycles. The van der Waals surface area contributed by atoms with Crippen LogP contribution in [0.3, 0.4) is 0 Å². The van der Waals surface area contributed by atoms with E-state index in [2.05, 4.69) is 12.2 Å². The monoisotopic (exact) mass is 471 g/mol. The summed E-state index contributed by atoms with van der Waals surface area (Å²) >= 11 is 0. The number of hydrogen-bond acceptors (Lipinski definition) is 3. The molecule has 3 amide bonds. The highest BCUT2D eigenvalue weighted by atomic mass is 16.2. The number of anilines is 1. The number of nitrogens with zero attached hydrogens (tertiary/aromatic N) is 2. The molecule has 4 rings (SSSR count). The molecule has 6 heteroatoms. The Morgan fingerprint density at radius 3 is 2.43 bits per heavy atom. The van der Waals surface area contributed by atoms with Gasteiger partial charge in [0.15, 0.2) is 0 Å². The molecule has 0 radical (unpaired) electrons. The van der Waals surface area contributed by atoms with E-state index in [1.807, 2.05) is 73.7 Å². The molecule has 1 aliphatic heterocycles. The number of unbranched alkanes of at least 4 members (excludes halogenated alkanes) is 1. The first-order valence-electron chi connectivity index (χ1n) is 12.5. The fourth-order valence-corrected chi connectivity index (χ4v) is 4.76. The predicted molar refractivity (Wildman–Crippen MR) is 139 cm³/mol. The number of hydrogen-bond donors (Lipinski definition) is 1. The Hall–Kier alpha value is -3.67. The molecule has 0 unspecified atom stereocenters. The van der Waals surface area contributed by atoms with Crippen LogP contribution >= 0.6 is 0 Å². The average Bonchev–Trinajstić information content (AvgIpc) is 3.15. The third-order valence-electron chi connectivity index (χ3n) is 6.64. The van der Waals surface area contributed by atoms with E-state index in [0.29, 0.717) is 31.5 Å². The second-order valence-electron chi connectivity index (χ2n) is 8.96. The van der Waals surface area contributed by atoms with Crippen molar-refractivity contribution >= 4 is 34.2 Å². The average molecular weight is 472 g/mol. The summed E-state index contributed by atoms with van der Waals surface area (Å²) < 4.78 is 0. The summed E-state index contributed by atoms with van der Waals surface area (Å²) in [5.41, 5.74) is 2.46. The first kappa shape index (κ1) is 24.5. The molecule has 1 N–H and O–H groups in total. The summed E-state index contributed by atoms with van der Waals surface area (Å²) in [7, 11) is 0. The lowest BCUT2D eigenvalue weighted by Gasteiger charge is -2.32. The van der Waals surface area contributed by atoms with Crippen LogP contribution in [0.15, 0.2) is 66.7 Å². The molecule has 0 bridgehead atoms. The maximum absolute atomic E-state index is 13.7. The van der Waals surface area contributed by atoms with Crippen LogP contribution in [-0.4, -0.2) is 48.3 Å². The van der Waals surface area contributed by atoms with Gasteiger partial charge in [-0.05, 0) is 42.3 Å². The largest absolute Gasteiger partial charge is 0.354 e. The molecule has 0 saturated carbocycles. The summed E-state index contributed by atoms with van der Waals surface area (Å²) in [5.74, 6) is -0.536. The van der Waals surface area contributed by atoms with Gasteiger partial charge in [0.05, 0.1) is 5.69 Å². The Labute approximate surface area is 206 Å². The van der Waals surface area contributed by atoms with Gasteiger partial charge in [-0.3, -0.25) is 19.3 Å². The summed E-state index contributed by atoms with van der Waals surface area (Å²) in [6, 6.07) is 20.8. The van der Waals surface area contributed by atoms with Gasteiger partial charge < -0.3 is 10.2 Å². The van der Waals surface area contributed by atoms with E-state index >= 15 is 0 Å². The van der Waals surface area contributed by atoms with Crippen molar-refractivity contribution in [2.75, 3.05) is 24.5 Å². The normalized spacial score (nSPS) is 13.2. The molecule has 1 aliphatic rings. The molecule has 6 nitrogen and oxygen atoms in total. The molecular formula is C29H33N3O3. The Balaban J connectivity index is 1.57. The Morgan fingerprint density at radius 1 is 0.971 bits per heavy atom. The van der Waals surface area contributed by atoms with E-state index in [-0.39, 0.29) is 24.3 Å². The summed E-state index contributed by atoms with van der Waals surface area (Å²) in [6.45, 7) is 4.89. The lowest BCUT2D eigenvalue weighted by molar-refractivity contribution is -0.139. The highest BCUT2D eigenvalue weighted by molar-refractivity contribution is 6.26.